The maximum atomic E-state index is 12.5. The smallest absolute Gasteiger partial charge is 0.263 e. The van der Waals surface area contributed by atoms with Crippen LogP contribution in [0.15, 0.2) is 35.7 Å². The van der Waals surface area contributed by atoms with E-state index in [1.807, 2.05) is 56.5 Å². The van der Waals surface area contributed by atoms with Gasteiger partial charge in [0.05, 0.1) is 11.7 Å². The van der Waals surface area contributed by atoms with E-state index in [0.29, 0.717) is 16.5 Å². The van der Waals surface area contributed by atoms with Gasteiger partial charge in [-0.3, -0.25) is 4.79 Å². The summed E-state index contributed by atoms with van der Waals surface area (Å²) >= 11 is 9.02. The van der Waals surface area contributed by atoms with E-state index >= 15 is 0 Å². The second kappa shape index (κ2) is 8.20. The number of hydrogen-bond donors (Lipinski definition) is 1. The Bertz CT molecular complexity index is 906. The normalized spacial score (nSPS) is 12.0. The second-order valence-corrected chi connectivity index (χ2v) is 8.40. The van der Waals surface area contributed by atoms with Crippen LogP contribution in [0.4, 0.5) is 0 Å². The number of thiophene rings is 1. The Morgan fingerprint density at radius 2 is 2.15 bits per heavy atom. The number of ether oxygens (including phenoxy) is 1. The molecule has 1 amide bonds. The van der Waals surface area contributed by atoms with Crippen molar-refractivity contribution in [3.63, 3.8) is 0 Å². The highest BCUT2D eigenvalue weighted by Crippen LogP contribution is 2.25. The molecule has 1 atom stereocenters. The topological polar surface area (TPSA) is 51.2 Å². The van der Waals surface area contributed by atoms with Gasteiger partial charge >= 0.3 is 0 Å². The van der Waals surface area contributed by atoms with Gasteiger partial charge in [-0.05, 0) is 56.0 Å². The monoisotopic (exact) mass is 406 g/mol. The number of nitrogens with one attached hydrogen (secondary N) is 1. The third kappa shape index (κ3) is 4.44. The lowest BCUT2D eigenvalue weighted by molar-refractivity contribution is 0.0944. The zero-order chi connectivity index (χ0) is 18.7. The minimum absolute atomic E-state index is 0.0271. The van der Waals surface area contributed by atoms with Gasteiger partial charge in [-0.2, -0.15) is 0 Å². The van der Waals surface area contributed by atoms with Crippen LogP contribution in [0, 0.1) is 13.8 Å². The molecule has 0 aliphatic rings. The lowest BCUT2D eigenvalue weighted by Crippen LogP contribution is -2.25. The first-order valence-electron chi connectivity index (χ1n) is 8.13. The quantitative estimate of drug-likeness (QED) is 0.584. The summed E-state index contributed by atoms with van der Waals surface area (Å²) in [7, 11) is 0. The van der Waals surface area contributed by atoms with Gasteiger partial charge in [0.15, 0.2) is 0 Å². The zero-order valence-electron chi connectivity index (χ0n) is 14.7. The van der Waals surface area contributed by atoms with Crippen LogP contribution in [0.5, 0.6) is 5.75 Å². The zero-order valence-corrected chi connectivity index (χ0v) is 17.1. The van der Waals surface area contributed by atoms with E-state index in [9.17, 15) is 4.79 Å². The summed E-state index contributed by atoms with van der Waals surface area (Å²) in [6.45, 7) is 6.07. The highest BCUT2D eigenvalue weighted by Gasteiger charge is 2.18. The maximum Gasteiger partial charge on any atom is 0.263 e. The van der Waals surface area contributed by atoms with E-state index < -0.39 is 0 Å². The van der Waals surface area contributed by atoms with Crippen LogP contribution in [-0.2, 0) is 6.61 Å². The van der Waals surface area contributed by atoms with Crippen LogP contribution in [-0.4, -0.2) is 10.9 Å². The minimum atomic E-state index is -0.102. The predicted molar refractivity (Wildman–Crippen MR) is 108 cm³/mol. The highest BCUT2D eigenvalue weighted by molar-refractivity contribution is 7.13. The summed E-state index contributed by atoms with van der Waals surface area (Å²) in [5.41, 5.74) is 1.68. The molecule has 2 aromatic heterocycles. The molecule has 4 nitrogen and oxygen atoms in total. The molecule has 1 N–H and O–H groups in total. The molecule has 0 aliphatic carbocycles. The summed E-state index contributed by atoms with van der Waals surface area (Å²) in [5.74, 6) is 0.631. The summed E-state index contributed by atoms with van der Waals surface area (Å²) in [4.78, 5) is 18.8. The van der Waals surface area contributed by atoms with E-state index in [2.05, 4.69) is 10.3 Å². The number of amides is 1. The molecule has 1 aromatic carbocycles. The van der Waals surface area contributed by atoms with E-state index in [-0.39, 0.29) is 11.9 Å². The number of benzene rings is 1. The van der Waals surface area contributed by atoms with Gasteiger partial charge in [-0.15, -0.1) is 22.7 Å². The van der Waals surface area contributed by atoms with Crippen LogP contribution in [0.1, 0.15) is 43.8 Å². The van der Waals surface area contributed by atoms with Gasteiger partial charge < -0.3 is 10.1 Å². The number of halogens is 1. The Labute approximate surface area is 165 Å². The first-order chi connectivity index (χ1) is 12.4. The first kappa shape index (κ1) is 18.9. The molecule has 0 saturated heterocycles. The number of carbonyl (C=O) groups excluding carboxylic acids is 1. The summed E-state index contributed by atoms with van der Waals surface area (Å²) < 4.78 is 5.78. The third-order valence-electron chi connectivity index (χ3n) is 3.86. The van der Waals surface area contributed by atoms with Gasteiger partial charge in [-0.25, -0.2) is 4.98 Å². The fourth-order valence-corrected chi connectivity index (χ4v) is 4.18. The van der Waals surface area contributed by atoms with E-state index in [1.165, 1.54) is 11.3 Å². The molecular weight excluding hydrogens is 388 g/mol. The summed E-state index contributed by atoms with van der Waals surface area (Å²) in [5, 5.41) is 6.51. The second-order valence-electron chi connectivity index (χ2n) is 5.93. The predicted octanol–water partition coefficient (Wildman–Crippen LogP) is 5.54. The lowest BCUT2D eigenvalue weighted by Gasteiger charge is -2.11. The molecule has 7 heteroatoms. The number of hydrogen-bond acceptors (Lipinski definition) is 5. The van der Waals surface area contributed by atoms with Gasteiger partial charge in [0.1, 0.15) is 22.2 Å². The van der Waals surface area contributed by atoms with Crippen molar-refractivity contribution in [1.29, 1.82) is 0 Å². The lowest BCUT2D eigenvalue weighted by atomic mass is 10.2. The number of nitrogens with zero attached hydrogens (tertiary/aromatic N) is 1. The maximum absolute atomic E-state index is 12.5. The highest BCUT2D eigenvalue weighted by atomic mass is 35.5. The van der Waals surface area contributed by atoms with Gasteiger partial charge in [0.2, 0.25) is 0 Å². The Hall–Kier alpha value is -1.89. The average Bonchev–Trinajstić information content (AvgIpc) is 3.25. The van der Waals surface area contributed by atoms with Crippen molar-refractivity contribution in [2.45, 2.75) is 33.4 Å². The molecule has 0 spiro atoms. The van der Waals surface area contributed by atoms with E-state index in [1.54, 1.807) is 11.3 Å². The molecule has 26 heavy (non-hydrogen) atoms. The molecule has 0 fully saturated rings. The first-order valence-corrected chi connectivity index (χ1v) is 10.2. The van der Waals surface area contributed by atoms with Crippen molar-refractivity contribution < 1.29 is 9.53 Å². The molecule has 1 unspecified atom stereocenters. The summed E-state index contributed by atoms with van der Waals surface area (Å²) in [6, 6.07) is 9.49. The average molecular weight is 407 g/mol. The van der Waals surface area contributed by atoms with Gasteiger partial charge in [0, 0.05) is 9.90 Å². The van der Waals surface area contributed by atoms with Crippen LogP contribution in [0.2, 0.25) is 5.02 Å². The van der Waals surface area contributed by atoms with Gasteiger partial charge in [-0.1, -0.05) is 17.7 Å². The Morgan fingerprint density at radius 1 is 1.35 bits per heavy atom. The van der Waals surface area contributed by atoms with E-state index in [4.69, 9.17) is 16.3 Å². The summed E-state index contributed by atoms with van der Waals surface area (Å²) in [6.07, 6.45) is 0. The van der Waals surface area contributed by atoms with Crippen molar-refractivity contribution in [1.82, 2.24) is 10.3 Å². The molecule has 136 valence electrons. The minimum Gasteiger partial charge on any atom is -0.486 e. The van der Waals surface area contributed by atoms with Crippen molar-refractivity contribution in [3.8, 4) is 5.75 Å². The number of aryl methyl sites for hydroxylation is 2. The molecule has 0 aliphatic heterocycles. The standard InChI is InChI=1S/C19H19ClN2O2S2/c1-11-9-14(6-7-15(11)20)24-10-17-21-13(3)18(26-17)19(23)22-12(2)16-5-4-8-25-16/h4-9,12H,10H2,1-3H3,(H,22,23). The number of thiazole rings is 1. The SMILES string of the molecule is Cc1cc(OCc2nc(C)c(C(=O)NC(C)c3cccs3)s2)ccc1Cl. The molecular formula is C19H19ClN2O2S2. The molecule has 0 bridgehead atoms. The van der Waals surface area contributed by atoms with Crippen LogP contribution >= 0.6 is 34.3 Å². The molecule has 3 rings (SSSR count). The van der Waals surface area contributed by atoms with Crippen LogP contribution in [0.25, 0.3) is 0 Å². The Morgan fingerprint density at radius 3 is 2.85 bits per heavy atom. The Balaban J connectivity index is 1.64. The van der Waals surface area contributed by atoms with Crippen molar-refractivity contribution in [2.75, 3.05) is 0 Å². The fourth-order valence-electron chi connectivity index (χ4n) is 2.45. The number of rotatable bonds is 6. The van der Waals surface area contributed by atoms with Crippen molar-refractivity contribution in [3.05, 3.63) is 66.8 Å². The third-order valence-corrected chi connectivity index (χ3v) is 6.47. The fraction of sp³-hybridized carbons (Fsp3) is 0.263. The van der Waals surface area contributed by atoms with E-state index in [0.717, 1.165) is 26.9 Å². The van der Waals surface area contributed by atoms with Crippen molar-refractivity contribution in [2.24, 2.45) is 0 Å². The molecule has 0 saturated carbocycles. The molecule has 0 radical (unpaired) electrons. The molecule has 3 aromatic rings. The van der Waals surface area contributed by atoms with Crippen LogP contribution < -0.4 is 10.1 Å². The largest absolute Gasteiger partial charge is 0.486 e. The van der Waals surface area contributed by atoms with Crippen molar-refractivity contribution >= 4 is 40.2 Å². The number of carbonyl (C=O) groups is 1. The van der Waals surface area contributed by atoms with Gasteiger partial charge in [0.25, 0.3) is 5.91 Å². The Kier molecular flexibility index (Phi) is 5.96. The molecule has 2 heterocycles. The number of aromatic nitrogens is 1. The van der Waals surface area contributed by atoms with Crippen LogP contribution in [0.3, 0.4) is 0 Å².